The summed E-state index contributed by atoms with van der Waals surface area (Å²) >= 11 is 5.79. The van der Waals surface area contributed by atoms with Crippen molar-refractivity contribution in [2.45, 2.75) is 12.5 Å². The maximum absolute atomic E-state index is 13.2. The minimum Gasteiger partial charge on any atom is -0.324 e. The first kappa shape index (κ1) is 14.0. The van der Waals surface area contributed by atoms with Crippen molar-refractivity contribution >= 4 is 22.5 Å². The average Bonchev–Trinajstić information content (AvgIpc) is 2.50. The van der Waals surface area contributed by atoms with E-state index in [1.165, 1.54) is 6.07 Å². The van der Waals surface area contributed by atoms with Crippen molar-refractivity contribution in [3.8, 4) is 0 Å². The van der Waals surface area contributed by atoms with Crippen LogP contribution in [0.2, 0.25) is 5.02 Å². The number of fused-ring (bicyclic) bond motifs is 1. The van der Waals surface area contributed by atoms with Gasteiger partial charge < -0.3 is 5.73 Å². The quantitative estimate of drug-likeness (QED) is 0.784. The number of rotatable bonds is 3. The second-order valence-corrected chi connectivity index (χ2v) is 5.39. The van der Waals surface area contributed by atoms with Crippen LogP contribution in [0.15, 0.2) is 54.6 Å². The molecular weight excluding hydrogens is 287 g/mol. The molecule has 3 rings (SSSR count). The van der Waals surface area contributed by atoms with E-state index in [1.807, 2.05) is 36.4 Å². The smallest absolute Gasteiger partial charge is 0.141 e. The molecule has 1 aromatic heterocycles. The molecule has 0 aliphatic carbocycles. The van der Waals surface area contributed by atoms with Gasteiger partial charge in [-0.2, -0.15) is 0 Å². The zero-order chi connectivity index (χ0) is 14.8. The van der Waals surface area contributed by atoms with Crippen LogP contribution in [0, 0.1) is 5.82 Å². The van der Waals surface area contributed by atoms with E-state index in [0.29, 0.717) is 6.42 Å². The fourth-order valence-corrected chi connectivity index (χ4v) is 2.50. The Kier molecular flexibility index (Phi) is 3.86. The normalized spacial score (nSPS) is 12.5. The number of aromatic nitrogens is 1. The Morgan fingerprint density at radius 1 is 1.10 bits per heavy atom. The van der Waals surface area contributed by atoms with Crippen LogP contribution in [0.25, 0.3) is 10.9 Å². The topological polar surface area (TPSA) is 38.9 Å². The second kappa shape index (κ2) is 5.80. The number of hydrogen-bond donors (Lipinski definition) is 1. The zero-order valence-electron chi connectivity index (χ0n) is 11.3. The van der Waals surface area contributed by atoms with Crippen molar-refractivity contribution in [1.82, 2.24) is 4.98 Å². The molecule has 106 valence electrons. The largest absolute Gasteiger partial charge is 0.324 e. The molecule has 4 heteroatoms. The molecule has 0 saturated carbocycles. The predicted octanol–water partition coefficient (Wildman–Crippen LogP) is 4.27. The fourth-order valence-electron chi connectivity index (χ4n) is 2.31. The third kappa shape index (κ3) is 3.04. The number of hydrogen-bond acceptors (Lipinski definition) is 2. The molecule has 21 heavy (non-hydrogen) atoms. The van der Waals surface area contributed by atoms with E-state index in [0.717, 1.165) is 22.2 Å². The molecule has 1 unspecified atom stereocenters. The number of nitrogens with zero attached hydrogens (tertiary/aromatic N) is 1. The summed E-state index contributed by atoms with van der Waals surface area (Å²) in [6, 6.07) is 16.2. The molecule has 0 radical (unpaired) electrons. The van der Waals surface area contributed by atoms with Crippen LogP contribution in [-0.4, -0.2) is 4.98 Å². The van der Waals surface area contributed by atoms with Crippen molar-refractivity contribution in [3.05, 3.63) is 76.7 Å². The van der Waals surface area contributed by atoms with E-state index < -0.39 is 5.82 Å². The van der Waals surface area contributed by atoms with Gasteiger partial charge in [-0.1, -0.05) is 41.9 Å². The molecule has 0 bridgehead atoms. The highest BCUT2D eigenvalue weighted by atomic mass is 35.5. The van der Waals surface area contributed by atoms with Crippen LogP contribution >= 0.6 is 11.6 Å². The molecule has 2 aromatic carbocycles. The summed E-state index contributed by atoms with van der Waals surface area (Å²) in [5.74, 6) is -0.434. The third-order valence-electron chi connectivity index (χ3n) is 3.46. The minimum atomic E-state index is -0.434. The first-order valence-electron chi connectivity index (χ1n) is 6.69. The number of pyridine rings is 1. The Morgan fingerprint density at radius 2 is 1.90 bits per heavy atom. The van der Waals surface area contributed by atoms with E-state index >= 15 is 0 Å². The Morgan fingerprint density at radius 3 is 2.71 bits per heavy atom. The molecule has 0 spiro atoms. The van der Waals surface area contributed by atoms with Gasteiger partial charge in [0.05, 0.1) is 10.5 Å². The van der Waals surface area contributed by atoms with Gasteiger partial charge in [0.15, 0.2) is 0 Å². The minimum absolute atomic E-state index is 0.0921. The van der Waals surface area contributed by atoms with E-state index in [-0.39, 0.29) is 11.1 Å². The first-order chi connectivity index (χ1) is 10.1. The Labute approximate surface area is 127 Å². The van der Waals surface area contributed by atoms with Crippen LogP contribution in [0.4, 0.5) is 4.39 Å². The summed E-state index contributed by atoms with van der Waals surface area (Å²) in [5.41, 5.74) is 8.82. The van der Waals surface area contributed by atoms with Crippen molar-refractivity contribution in [3.63, 3.8) is 0 Å². The highest BCUT2D eigenvalue weighted by Gasteiger charge is 2.11. The monoisotopic (exact) mass is 300 g/mol. The highest BCUT2D eigenvalue weighted by Crippen LogP contribution is 2.22. The van der Waals surface area contributed by atoms with Crippen LogP contribution in [0.5, 0.6) is 0 Å². The van der Waals surface area contributed by atoms with Crippen LogP contribution in [0.3, 0.4) is 0 Å². The molecule has 3 aromatic rings. The molecule has 1 heterocycles. The summed E-state index contributed by atoms with van der Waals surface area (Å²) in [6.07, 6.45) is 0.576. The average molecular weight is 301 g/mol. The van der Waals surface area contributed by atoms with E-state index in [2.05, 4.69) is 4.98 Å². The van der Waals surface area contributed by atoms with Gasteiger partial charge in [-0.25, -0.2) is 4.39 Å². The van der Waals surface area contributed by atoms with E-state index in [1.54, 1.807) is 12.1 Å². The number of nitrogens with two attached hydrogens (primary N) is 1. The van der Waals surface area contributed by atoms with Gasteiger partial charge in [-0.05, 0) is 29.8 Å². The fraction of sp³-hybridized carbons (Fsp3) is 0.118. The van der Waals surface area contributed by atoms with Gasteiger partial charge in [-0.15, -0.1) is 0 Å². The van der Waals surface area contributed by atoms with Crippen molar-refractivity contribution < 1.29 is 4.39 Å². The molecular formula is C17H14ClFN2. The summed E-state index contributed by atoms with van der Waals surface area (Å²) in [7, 11) is 0. The SMILES string of the molecule is NC(Cc1ccc2ccccc2n1)c1ccc(F)c(Cl)c1. The molecule has 2 N–H and O–H groups in total. The predicted molar refractivity (Wildman–Crippen MR) is 83.8 cm³/mol. The summed E-state index contributed by atoms with van der Waals surface area (Å²) in [6.45, 7) is 0. The molecule has 0 saturated heterocycles. The molecule has 0 fully saturated rings. The Hall–Kier alpha value is -1.97. The third-order valence-corrected chi connectivity index (χ3v) is 3.75. The molecule has 0 aliphatic rings. The van der Waals surface area contributed by atoms with Gasteiger partial charge in [0.2, 0.25) is 0 Å². The molecule has 0 amide bonds. The summed E-state index contributed by atoms with van der Waals surface area (Å²) in [5, 5.41) is 1.19. The highest BCUT2D eigenvalue weighted by molar-refractivity contribution is 6.30. The lowest BCUT2D eigenvalue weighted by Gasteiger charge is -2.12. The molecule has 2 nitrogen and oxygen atoms in total. The second-order valence-electron chi connectivity index (χ2n) is 4.98. The number of halogens is 2. The summed E-state index contributed by atoms with van der Waals surface area (Å²) in [4.78, 5) is 4.59. The van der Waals surface area contributed by atoms with Crippen LogP contribution < -0.4 is 5.73 Å². The van der Waals surface area contributed by atoms with Crippen molar-refractivity contribution in [1.29, 1.82) is 0 Å². The van der Waals surface area contributed by atoms with Crippen LogP contribution in [0.1, 0.15) is 17.3 Å². The van der Waals surface area contributed by atoms with E-state index in [4.69, 9.17) is 17.3 Å². The molecule has 1 atom stereocenters. The first-order valence-corrected chi connectivity index (χ1v) is 7.06. The number of benzene rings is 2. The van der Waals surface area contributed by atoms with Crippen LogP contribution in [-0.2, 0) is 6.42 Å². The Balaban J connectivity index is 1.85. The number of para-hydroxylation sites is 1. The maximum atomic E-state index is 13.2. The van der Waals surface area contributed by atoms with Gasteiger partial charge in [-0.3, -0.25) is 4.98 Å². The lowest BCUT2D eigenvalue weighted by Crippen LogP contribution is -2.14. The lowest BCUT2D eigenvalue weighted by molar-refractivity contribution is 0.624. The standard InChI is InChI=1S/C17H14ClFN2/c18-14-9-12(6-8-15(14)19)16(20)10-13-7-5-11-3-1-2-4-17(11)21-13/h1-9,16H,10,20H2. The molecule has 0 aliphatic heterocycles. The van der Waals surface area contributed by atoms with Crippen molar-refractivity contribution in [2.75, 3.05) is 0 Å². The zero-order valence-corrected chi connectivity index (χ0v) is 12.0. The van der Waals surface area contributed by atoms with Gasteiger partial charge in [0.1, 0.15) is 5.82 Å². The van der Waals surface area contributed by atoms with Crippen molar-refractivity contribution in [2.24, 2.45) is 5.73 Å². The van der Waals surface area contributed by atoms with Gasteiger partial charge in [0.25, 0.3) is 0 Å². The van der Waals surface area contributed by atoms with Gasteiger partial charge >= 0.3 is 0 Å². The van der Waals surface area contributed by atoms with Gasteiger partial charge in [0, 0.05) is 23.5 Å². The van der Waals surface area contributed by atoms with E-state index in [9.17, 15) is 4.39 Å². The summed E-state index contributed by atoms with van der Waals surface area (Å²) < 4.78 is 13.2. The maximum Gasteiger partial charge on any atom is 0.141 e. The lowest BCUT2D eigenvalue weighted by atomic mass is 10.0. The Bertz CT molecular complexity index is 789.